The van der Waals surface area contributed by atoms with Gasteiger partial charge in [-0.25, -0.2) is 4.79 Å². The Bertz CT molecular complexity index is 423. The van der Waals surface area contributed by atoms with Gasteiger partial charge >= 0.3 is 5.97 Å². The number of nitrogens with one attached hydrogen (secondary N) is 1. The fraction of sp³-hybridized carbons (Fsp3) is 0.818. The van der Waals surface area contributed by atoms with Crippen molar-refractivity contribution >= 4 is 22.0 Å². The molecule has 0 aliphatic heterocycles. The third kappa shape index (κ3) is 9.43. The largest absolute Gasteiger partial charge is 0.480 e. The first-order valence-electron chi connectivity index (χ1n) is 5.80. The molecular formula is C11H21NO6S. The van der Waals surface area contributed by atoms with Crippen LogP contribution in [-0.2, 0) is 23.9 Å². The molecule has 0 bridgehead atoms. The van der Waals surface area contributed by atoms with Crippen molar-refractivity contribution < 1.29 is 27.3 Å². The van der Waals surface area contributed by atoms with E-state index in [0.717, 1.165) is 0 Å². The molecule has 0 radical (unpaired) electrons. The van der Waals surface area contributed by atoms with Crippen molar-refractivity contribution in [3.05, 3.63) is 0 Å². The summed E-state index contributed by atoms with van der Waals surface area (Å²) in [6.07, 6.45) is -0.235. The highest BCUT2D eigenvalue weighted by Crippen LogP contribution is 2.15. The predicted octanol–water partition coefficient (Wildman–Crippen LogP) is 0.358. The molecule has 0 aliphatic carbocycles. The SMILES string of the molecule is CC(=O)NC(CCS(=O)(=O)OCC(C)(C)C)C(=O)O. The zero-order chi connectivity index (χ0) is 15.3. The Balaban J connectivity index is 4.42. The first kappa shape index (κ1) is 17.8. The molecule has 112 valence electrons. The first-order valence-corrected chi connectivity index (χ1v) is 7.38. The summed E-state index contributed by atoms with van der Waals surface area (Å²) in [5.41, 5.74) is -0.309. The lowest BCUT2D eigenvalue weighted by Crippen LogP contribution is -2.41. The Morgan fingerprint density at radius 1 is 1.32 bits per heavy atom. The van der Waals surface area contributed by atoms with E-state index in [4.69, 9.17) is 9.29 Å². The highest BCUT2D eigenvalue weighted by molar-refractivity contribution is 7.86. The molecule has 1 atom stereocenters. The maximum Gasteiger partial charge on any atom is 0.326 e. The Hall–Kier alpha value is -1.15. The van der Waals surface area contributed by atoms with E-state index in [1.165, 1.54) is 6.92 Å². The number of amides is 1. The molecule has 0 fully saturated rings. The number of carboxylic acid groups (broad SMARTS) is 1. The molecule has 2 N–H and O–H groups in total. The van der Waals surface area contributed by atoms with Crippen molar-refractivity contribution in [2.75, 3.05) is 12.4 Å². The van der Waals surface area contributed by atoms with Crippen molar-refractivity contribution in [1.29, 1.82) is 0 Å². The van der Waals surface area contributed by atoms with Crippen molar-refractivity contribution in [3.63, 3.8) is 0 Å². The highest BCUT2D eigenvalue weighted by Gasteiger charge is 2.23. The molecule has 1 unspecified atom stereocenters. The quantitative estimate of drug-likeness (QED) is 0.656. The molecule has 0 saturated heterocycles. The lowest BCUT2D eigenvalue weighted by molar-refractivity contribution is -0.141. The van der Waals surface area contributed by atoms with Crippen LogP contribution in [0, 0.1) is 5.41 Å². The molecule has 19 heavy (non-hydrogen) atoms. The molecule has 0 spiro atoms. The summed E-state index contributed by atoms with van der Waals surface area (Å²) in [4.78, 5) is 21.6. The van der Waals surface area contributed by atoms with E-state index in [1.54, 1.807) is 0 Å². The second-order valence-electron chi connectivity index (χ2n) is 5.46. The van der Waals surface area contributed by atoms with Gasteiger partial charge < -0.3 is 10.4 Å². The van der Waals surface area contributed by atoms with E-state index < -0.39 is 33.8 Å². The van der Waals surface area contributed by atoms with E-state index >= 15 is 0 Å². The molecule has 0 aromatic rings. The molecule has 0 rings (SSSR count). The lowest BCUT2D eigenvalue weighted by Gasteiger charge is -2.18. The van der Waals surface area contributed by atoms with Gasteiger partial charge in [-0.1, -0.05) is 20.8 Å². The minimum Gasteiger partial charge on any atom is -0.480 e. The fourth-order valence-corrected chi connectivity index (χ4v) is 2.27. The standard InChI is InChI=1S/C11H21NO6S/c1-8(13)12-9(10(14)15)5-6-19(16,17)18-7-11(2,3)4/h9H,5-7H2,1-4H3,(H,12,13)(H,14,15). The van der Waals surface area contributed by atoms with Crippen LogP contribution in [-0.4, -0.2) is 43.8 Å². The monoisotopic (exact) mass is 295 g/mol. The van der Waals surface area contributed by atoms with Gasteiger partial charge in [0.1, 0.15) is 6.04 Å². The van der Waals surface area contributed by atoms with Gasteiger partial charge in [-0.3, -0.25) is 8.98 Å². The number of hydrogen-bond acceptors (Lipinski definition) is 5. The second-order valence-corrected chi connectivity index (χ2v) is 7.22. The second kappa shape index (κ2) is 6.85. The number of carboxylic acids is 1. The summed E-state index contributed by atoms with van der Waals surface area (Å²) in [6, 6.07) is -1.23. The molecule has 0 heterocycles. The summed E-state index contributed by atoms with van der Waals surface area (Å²) >= 11 is 0. The zero-order valence-electron chi connectivity index (χ0n) is 11.6. The molecular weight excluding hydrogens is 274 g/mol. The van der Waals surface area contributed by atoms with Gasteiger partial charge in [0.15, 0.2) is 0 Å². The van der Waals surface area contributed by atoms with Crippen LogP contribution < -0.4 is 5.32 Å². The normalized spacial score (nSPS) is 13.9. The van der Waals surface area contributed by atoms with E-state index in [-0.39, 0.29) is 18.4 Å². The van der Waals surface area contributed by atoms with Gasteiger partial charge in [-0.2, -0.15) is 8.42 Å². The molecule has 0 saturated carbocycles. The van der Waals surface area contributed by atoms with Crippen molar-refractivity contribution in [1.82, 2.24) is 5.32 Å². The predicted molar refractivity (Wildman–Crippen MR) is 69.1 cm³/mol. The zero-order valence-corrected chi connectivity index (χ0v) is 12.4. The molecule has 1 amide bonds. The molecule has 7 nitrogen and oxygen atoms in total. The molecule has 0 aromatic carbocycles. The van der Waals surface area contributed by atoms with Crippen LogP contribution in [0.25, 0.3) is 0 Å². The van der Waals surface area contributed by atoms with Crippen LogP contribution in [0.1, 0.15) is 34.1 Å². The van der Waals surface area contributed by atoms with Crippen LogP contribution in [0.3, 0.4) is 0 Å². The first-order chi connectivity index (χ1) is 8.43. The van der Waals surface area contributed by atoms with Crippen LogP contribution >= 0.6 is 0 Å². The van der Waals surface area contributed by atoms with Gasteiger partial charge in [0, 0.05) is 6.92 Å². The van der Waals surface area contributed by atoms with Crippen LogP contribution in [0.2, 0.25) is 0 Å². The highest BCUT2D eigenvalue weighted by atomic mass is 32.2. The van der Waals surface area contributed by atoms with E-state index in [0.29, 0.717) is 0 Å². The van der Waals surface area contributed by atoms with Gasteiger partial charge in [-0.15, -0.1) is 0 Å². The molecule has 0 aliphatic rings. The third-order valence-electron chi connectivity index (χ3n) is 2.00. The number of rotatable bonds is 7. The molecule has 0 aromatic heterocycles. The van der Waals surface area contributed by atoms with Gasteiger partial charge in [-0.05, 0) is 11.8 Å². The van der Waals surface area contributed by atoms with Gasteiger partial charge in [0.05, 0.1) is 12.4 Å². The lowest BCUT2D eigenvalue weighted by atomic mass is 9.99. The smallest absolute Gasteiger partial charge is 0.326 e. The van der Waals surface area contributed by atoms with E-state index in [2.05, 4.69) is 5.32 Å². The maximum absolute atomic E-state index is 11.6. The van der Waals surface area contributed by atoms with E-state index in [9.17, 15) is 18.0 Å². The fourth-order valence-electron chi connectivity index (χ4n) is 1.09. The number of hydrogen-bond donors (Lipinski definition) is 2. The van der Waals surface area contributed by atoms with Crippen molar-refractivity contribution in [3.8, 4) is 0 Å². The maximum atomic E-state index is 11.6. The minimum absolute atomic E-state index is 0.0210. The minimum atomic E-state index is -3.79. The summed E-state index contributed by atoms with van der Waals surface area (Å²) in [5.74, 6) is -2.26. The summed E-state index contributed by atoms with van der Waals surface area (Å²) in [7, 11) is -3.79. The van der Waals surface area contributed by atoms with Crippen LogP contribution in [0.5, 0.6) is 0 Å². The van der Waals surface area contributed by atoms with Crippen LogP contribution in [0.4, 0.5) is 0 Å². The average molecular weight is 295 g/mol. The summed E-state index contributed by atoms with van der Waals surface area (Å²) < 4.78 is 27.9. The van der Waals surface area contributed by atoms with E-state index in [1.807, 2.05) is 20.8 Å². The number of carbonyl (C=O) groups excluding carboxylic acids is 1. The third-order valence-corrected chi connectivity index (χ3v) is 3.22. The van der Waals surface area contributed by atoms with Crippen molar-refractivity contribution in [2.24, 2.45) is 5.41 Å². The van der Waals surface area contributed by atoms with Gasteiger partial charge in [0.2, 0.25) is 5.91 Å². The topological polar surface area (TPSA) is 110 Å². The summed E-state index contributed by atoms with van der Waals surface area (Å²) in [5, 5.41) is 11.0. The van der Waals surface area contributed by atoms with Gasteiger partial charge in [0.25, 0.3) is 10.1 Å². The number of carbonyl (C=O) groups is 2. The Kier molecular flexibility index (Phi) is 6.44. The number of aliphatic carboxylic acids is 1. The Morgan fingerprint density at radius 3 is 2.21 bits per heavy atom. The Morgan fingerprint density at radius 2 is 1.84 bits per heavy atom. The van der Waals surface area contributed by atoms with Crippen LogP contribution in [0.15, 0.2) is 0 Å². The Labute approximate surface area is 113 Å². The van der Waals surface area contributed by atoms with Crippen molar-refractivity contribution in [2.45, 2.75) is 40.2 Å². The summed E-state index contributed by atoms with van der Waals surface area (Å²) in [6.45, 7) is 6.65. The molecule has 8 heteroatoms. The average Bonchev–Trinajstić information content (AvgIpc) is 2.20.